The van der Waals surface area contributed by atoms with E-state index >= 15 is 0 Å². The minimum atomic E-state index is -0.491. The highest BCUT2D eigenvalue weighted by Crippen LogP contribution is 2.56. The molecule has 0 spiro atoms. The molecule has 0 bridgehead atoms. The van der Waals surface area contributed by atoms with Crippen molar-refractivity contribution in [1.82, 2.24) is 4.57 Å². The summed E-state index contributed by atoms with van der Waals surface area (Å²) in [7, 11) is 0. The fourth-order valence-electron chi connectivity index (χ4n) is 8.90. The maximum Gasteiger partial charge on any atom is 0.115 e. The summed E-state index contributed by atoms with van der Waals surface area (Å²) in [5.74, 6) is 1.82. The molecule has 3 nitrogen and oxygen atoms in total. The zero-order valence-electron chi connectivity index (χ0n) is 39.0. The lowest BCUT2D eigenvalue weighted by atomic mass is 9.68. The van der Waals surface area contributed by atoms with Gasteiger partial charge in [-0.25, -0.2) is 0 Å². The van der Waals surface area contributed by atoms with Crippen LogP contribution in [0, 0.1) is 0 Å². The van der Waals surface area contributed by atoms with Crippen LogP contribution in [-0.2, 0) is 5.41 Å². The van der Waals surface area contributed by atoms with E-state index in [1.807, 2.05) is 50.2 Å². The molecule has 0 aliphatic heterocycles. The van der Waals surface area contributed by atoms with Gasteiger partial charge in [0.25, 0.3) is 0 Å². The van der Waals surface area contributed by atoms with Crippen molar-refractivity contribution in [1.29, 1.82) is 0 Å². The number of fused-ring (bicyclic) bond motifs is 6. The molecule has 9 aromatic carbocycles. The van der Waals surface area contributed by atoms with Gasteiger partial charge in [0.05, 0.1) is 16.4 Å². The highest BCUT2D eigenvalue weighted by Gasteiger charge is 2.45. The van der Waals surface area contributed by atoms with Gasteiger partial charge in [0.1, 0.15) is 11.5 Å². The van der Waals surface area contributed by atoms with Gasteiger partial charge in [-0.1, -0.05) is 230 Å². The predicted octanol–water partition coefficient (Wildman–Crippen LogP) is 16.9. The average molecular weight is 864 g/mol. The molecule has 0 fully saturated rings. The van der Waals surface area contributed by atoms with Gasteiger partial charge in [0.2, 0.25) is 0 Å². The topological polar surface area (TPSA) is 45.4 Å². The first kappa shape index (κ1) is 46.4. The highest BCUT2D eigenvalue weighted by atomic mass is 16.3. The van der Waals surface area contributed by atoms with Crippen LogP contribution in [0.5, 0.6) is 11.5 Å². The zero-order valence-corrected chi connectivity index (χ0v) is 39.0. The third-order valence-corrected chi connectivity index (χ3v) is 12.1. The number of benzene rings is 9. The first-order chi connectivity index (χ1) is 32.3. The average Bonchev–Trinajstić information content (AvgIpc) is 3.88. The Balaban J connectivity index is 0.000000143. The summed E-state index contributed by atoms with van der Waals surface area (Å²) >= 11 is 0. The number of aromatic nitrogens is 1. The second kappa shape index (κ2) is 21.8. The lowest BCUT2D eigenvalue weighted by Gasteiger charge is -2.33. The monoisotopic (exact) mass is 863 g/mol. The molecular formula is C63H61NO2. The quantitative estimate of drug-likeness (QED) is 0.181. The highest BCUT2D eigenvalue weighted by molar-refractivity contribution is 6.09. The van der Waals surface area contributed by atoms with Crippen molar-refractivity contribution in [2.45, 2.75) is 58.8 Å². The van der Waals surface area contributed by atoms with Crippen molar-refractivity contribution in [2.75, 3.05) is 0 Å². The van der Waals surface area contributed by atoms with E-state index < -0.39 is 5.41 Å². The van der Waals surface area contributed by atoms with Crippen molar-refractivity contribution in [3.8, 4) is 28.3 Å². The number of nitrogens with zero attached hydrogens (tertiary/aromatic N) is 1. The minimum Gasteiger partial charge on any atom is -0.508 e. The Labute approximate surface area is 392 Å². The Morgan fingerprint density at radius 3 is 1.03 bits per heavy atom. The minimum absolute atomic E-state index is 0.249. The van der Waals surface area contributed by atoms with E-state index in [9.17, 15) is 10.2 Å². The van der Waals surface area contributed by atoms with Gasteiger partial charge in [-0.2, -0.15) is 0 Å². The van der Waals surface area contributed by atoms with Crippen LogP contribution in [0.15, 0.2) is 237 Å². The molecule has 1 aliphatic carbocycles. The molecule has 3 heteroatoms. The van der Waals surface area contributed by atoms with E-state index in [-0.39, 0.29) is 11.5 Å². The Hall–Kier alpha value is -7.62. The number of aromatic hydroxyl groups is 2. The summed E-state index contributed by atoms with van der Waals surface area (Å²) < 4.78 is 2.32. The lowest BCUT2D eigenvalue weighted by Crippen LogP contribution is -2.28. The SMILES string of the molecule is CC.CC(C)c1ccccc1.CC(C)c1ccccc1.Oc1ccc(C2(c3ccc(O)cc3)c3ccccc3-c3ccccc32)cc1.c1ccc(-n2c3ccccc3c3ccccc32)cc1. The molecule has 0 amide bonds. The molecule has 66 heavy (non-hydrogen) atoms. The summed E-state index contributed by atoms with van der Waals surface area (Å²) in [4.78, 5) is 0. The summed E-state index contributed by atoms with van der Waals surface area (Å²) in [5.41, 5.74) is 13.1. The first-order valence-electron chi connectivity index (χ1n) is 23.2. The zero-order chi connectivity index (χ0) is 46.5. The summed E-state index contributed by atoms with van der Waals surface area (Å²) in [6, 6.07) is 80.6. The van der Waals surface area contributed by atoms with Gasteiger partial charge >= 0.3 is 0 Å². The third kappa shape index (κ3) is 9.87. The summed E-state index contributed by atoms with van der Waals surface area (Å²) in [5, 5.41) is 22.3. The molecule has 1 heterocycles. The van der Waals surface area contributed by atoms with Gasteiger partial charge in [-0.05, 0) is 105 Å². The number of hydrogen-bond acceptors (Lipinski definition) is 2. The number of phenolic OH excluding ortho intramolecular Hbond substituents is 2. The largest absolute Gasteiger partial charge is 0.508 e. The Kier molecular flexibility index (Phi) is 15.3. The van der Waals surface area contributed by atoms with Crippen LogP contribution in [0.1, 0.15) is 86.8 Å². The molecule has 0 unspecified atom stereocenters. The molecule has 2 N–H and O–H groups in total. The molecule has 10 aromatic rings. The predicted molar refractivity (Wildman–Crippen MR) is 280 cm³/mol. The second-order valence-electron chi connectivity index (χ2n) is 16.8. The number of para-hydroxylation sites is 3. The second-order valence-corrected chi connectivity index (χ2v) is 16.8. The van der Waals surface area contributed by atoms with E-state index in [1.54, 1.807) is 24.3 Å². The maximum absolute atomic E-state index is 9.85. The lowest BCUT2D eigenvalue weighted by molar-refractivity contribution is 0.474. The fourth-order valence-corrected chi connectivity index (χ4v) is 8.90. The van der Waals surface area contributed by atoms with Gasteiger partial charge in [-0.15, -0.1) is 0 Å². The third-order valence-electron chi connectivity index (χ3n) is 12.1. The number of rotatable bonds is 5. The number of hydrogen-bond donors (Lipinski definition) is 2. The van der Waals surface area contributed by atoms with Crippen LogP contribution in [0.3, 0.4) is 0 Å². The molecular weight excluding hydrogens is 803 g/mol. The molecule has 1 aliphatic rings. The van der Waals surface area contributed by atoms with Crippen LogP contribution in [-0.4, -0.2) is 14.8 Å². The van der Waals surface area contributed by atoms with Crippen molar-refractivity contribution < 1.29 is 10.2 Å². The van der Waals surface area contributed by atoms with Gasteiger partial charge < -0.3 is 14.8 Å². The number of phenols is 2. The van der Waals surface area contributed by atoms with Crippen molar-refractivity contribution >= 4 is 21.8 Å². The first-order valence-corrected chi connectivity index (χ1v) is 23.2. The van der Waals surface area contributed by atoms with E-state index in [4.69, 9.17) is 0 Å². The van der Waals surface area contributed by atoms with Gasteiger partial charge in [-0.3, -0.25) is 0 Å². The normalized spacial score (nSPS) is 11.7. The summed E-state index contributed by atoms with van der Waals surface area (Å²) in [6.45, 7) is 12.8. The van der Waals surface area contributed by atoms with Crippen molar-refractivity contribution in [2.24, 2.45) is 0 Å². The van der Waals surface area contributed by atoms with Gasteiger partial charge in [0.15, 0.2) is 0 Å². The molecule has 0 saturated carbocycles. The van der Waals surface area contributed by atoms with Crippen molar-refractivity contribution in [3.05, 3.63) is 270 Å². The summed E-state index contributed by atoms with van der Waals surface area (Å²) in [6.07, 6.45) is 0. The van der Waals surface area contributed by atoms with Crippen LogP contribution < -0.4 is 0 Å². The molecule has 330 valence electrons. The Morgan fingerprint density at radius 2 is 0.667 bits per heavy atom. The fraction of sp³-hybridized carbons (Fsp3) is 0.143. The molecule has 0 saturated heterocycles. The molecule has 0 radical (unpaired) electrons. The van der Waals surface area contributed by atoms with Crippen LogP contribution in [0.25, 0.3) is 38.6 Å². The van der Waals surface area contributed by atoms with Crippen LogP contribution in [0.4, 0.5) is 0 Å². The van der Waals surface area contributed by atoms with E-state index in [1.165, 1.54) is 60.9 Å². The Bertz CT molecular complexity index is 2850. The van der Waals surface area contributed by atoms with Gasteiger partial charge in [0, 0.05) is 16.5 Å². The van der Waals surface area contributed by atoms with E-state index in [2.05, 4.69) is 208 Å². The molecule has 11 rings (SSSR count). The van der Waals surface area contributed by atoms with E-state index in [0.29, 0.717) is 11.8 Å². The standard InChI is InChI=1S/C25H18O2.C18H13N.2C9H12.C2H6/c26-19-13-9-17(10-14-19)25(18-11-15-20(27)16-12-18)23-7-3-1-5-21(23)22-6-2-4-8-24(22)25;1-2-8-14(9-3-1)19-17-12-6-4-10-15(17)16-11-5-7-13-18(16)19;2*1-8(2)9-6-4-3-5-7-9;1-2/h1-16,26-27H;1-13H;2*3-8H,1-2H3;1-2H3. The molecule has 0 atom stereocenters. The van der Waals surface area contributed by atoms with Crippen LogP contribution >= 0.6 is 0 Å². The maximum atomic E-state index is 9.85. The van der Waals surface area contributed by atoms with Crippen LogP contribution in [0.2, 0.25) is 0 Å². The molecule has 1 aromatic heterocycles. The van der Waals surface area contributed by atoms with E-state index in [0.717, 1.165) is 11.1 Å². The smallest absolute Gasteiger partial charge is 0.115 e. The van der Waals surface area contributed by atoms with Crippen molar-refractivity contribution in [3.63, 3.8) is 0 Å². The Morgan fingerprint density at radius 1 is 0.348 bits per heavy atom.